The molecule has 0 unspecified atom stereocenters. The van der Waals surface area contributed by atoms with E-state index < -0.39 is 15.8 Å². The van der Waals surface area contributed by atoms with Crippen molar-refractivity contribution in [2.24, 2.45) is 0 Å². The number of benzene rings is 3. The van der Waals surface area contributed by atoms with E-state index in [1.165, 1.54) is 18.2 Å². The minimum Gasteiger partial charge on any atom is -0.279 e. The first-order valence-electron chi connectivity index (χ1n) is 7.45. The van der Waals surface area contributed by atoms with Crippen molar-refractivity contribution in [1.82, 2.24) is 0 Å². The Hall–Kier alpha value is -2.66. The smallest absolute Gasteiger partial charge is 0.264 e. The molecule has 0 heterocycles. The fraction of sp³-hybridized carbons (Fsp3) is 0.0526. The van der Waals surface area contributed by atoms with Crippen molar-refractivity contribution >= 4 is 15.7 Å². The van der Waals surface area contributed by atoms with Crippen LogP contribution in [0.15, 0.2) is 83.8 Å². The molecule has 1 N–H and O–H groups in total. The van der Waals surface area contributed by atoms with Gasteiger partial charge in [-0.15, -0.1) is 0 Å². The average Bonchev–Trinajstić information content (AvgIpc) is 2.57. The fourth-order valence-corrected chi connectivity index (χ4v) is 3.63. The lowest BCUT2D eigenvalue weighted by molar-refractivity contribution is 0.570. The van der Waals surface area contributed by atoms with Gasteiger partial charge in [0.2, 0.25) is 0 Å². The third kappa shape index (κ3) is 3.63. The van der Waals surface area contributed by atoms with Crippen molar-refractivity contribution in [3.8, 4) is 0 Å². The standard InChI is InChI=1S/C19H16FNO2S/c20-17-11-5-7-13-19(17)24(22,23)21-18-12-6-4-10-16(18)14-15-8-2-1-3-9-15/h1-13,21H,14H2. The van der Waals surface area contributed by atoms with Crippen molar-refractivity contribution < 1.29 is 12.8 Å². The Morgan fingerprint density at radius 3 is 2.17 bits per heavy atom. The molecule has 0 fully saturated rings. The van der Waals surface area contributed by atoms with Crippen LogP contribution in [0.25, 0.3) is 0 Å². The Labute approximate surface area is 140 Å². The molecule has 3 rings (SSSR count). The largest absolute Gasteiger partial charge is 0.279 e. The number of hydrogen-bond donors (Lipinski definition) is 1. The number of para-hydroxylation sites is 1. The van der Waals surface area contributed by atoms with Gasteiger partial charge in [-0.25, -0.2) is 12.8 Å². The summed E-state index contributed by atoms with van der Waals surface area (Å²) in [5, 5.41) is 0. The van der Waals surface area contributed by atoms with Crippen LogP contribution in [0.2, 0.25) is 0 Å². The van der Waals surface area contributed by atoms with Gasteiger partial charge in [0, 0.05) is 0 Å². The highest BCUT2D eigenvalue weighted by Gasteiger charge is 2.19. The third-order valence-corrected chi connectivity index (χ3v) is 5.02. The summed E-state index contributed by atoms with van der Waals surface area (Å²) in [5.74, 6) is -0.773. The molecule has 0 bridgehead atoms. The second-order valence-electron chi connectivity index (χ2n) is 5.36. The van der Waals surface area contributed by atoms with Crippen LogP contribution < -0.4 is 4.72 Å². The summed E-state index contributed by atoms with van der Waals surface area (Å²) in [6, 6.07) is 22.2. The predicted octanol–water partition coefficient (Wildman–Crippen LogP) is 4.22. The molecule has 0 atom stereocenters. The van der Waals surface area contributed by atoms with Crippen LogP contribution in [0.1, 0.15) is 11.1 Å². The maximum absolute atomic E-state index is 13.8. The summed E-state index contributed by atoms with van der Waals surface area (Å²) in [6.07, 6.45) is 0.580. The van der Waals surface area contributed by atoms with Crippen LogP contribution in [-0.2, 0) is 16.4 Å². The number of nitrogens with one attached hydrogen (secondary N) is 1. The number of rotatable bonds is 5. The SMILES string of the molecule is O=S(=O)(Nc1ccccc1Cc1ccccc1)c1ccccc1F. The van der Waals surface area contributed by atoms with Crippen LogP contribution in [0, 0.1) is 5.82 Å². The normalized spacial score (nSPS) is 11.2. The molecule has 3 nitrogen and oxygen atoms in total. The number of anilines is 1. The van der Waals surface area contributed by atoms with Crippen LogP contribution in [0.5, 0.6) is 0 Å². The van der Waals surface area contributed by atoms with Crippen molar-refractivity contribution in [3.63, 3.8) is 0 Å². The highest BCUT2D eigenvalue weighted by Crippen LogP contribution is 2.23. The lowest BCUT2D eigenvalue weighted by atomic mass is 10.0. The Morgan fingerprint density at radius 2 is 1.42 bits per heavy atom. The first kappa shape index (κ1) is 16.2. The number of sulfonamides is 1. The summed E-state index contributed by atoms with van der Waals surface area (Å²) in [6.45, 7) is 0. The summed E-state index contributed by atoms with van der Waals surface area (Å²) in [7, 11) is -3.98. The van der Waals surface area contributed by atoms with E-state index in [0.717, 1.165) is 17.2 Å². The molecule has 3 aromatic rings. The molecular weight excluding hydrogens is 325 g/mol. The summed E-state index contributed by atoms with van der Waals surface area (Å²) in [4.78, 5) is -0.362. The minimum absolute atomic E-state index is 0.362. The number of halogens is 1. The van der Waals surface area contributed by atoms with Gasteiger partial charge >= 0.3 is 0 Å². The predicted molar refractivity (Wildman–Crippen MR) is 92.9 cm³/mol. The molecule has 3 aromatic carbocycles. The van der Waals surface area contributed by atoms with Crippen molar-refractivity contribution in [1.29, 1.82) is 0 Å². The van der Waals surface area contributed by atoms with Gasteiger partial charge in [-0.3, -0.25) is 4.72 Å². The lowest BCUT2D eigenvalue weighted by Crippen LogP contribution is -2.15. The van der Waals surface area contributed by atoms with Crippen LogP contribution in [0.4, 0.5) is 10.1 Å². The molecule has 0 radical (unpaired) electrons. The first-order chi connectivity index (χ1) is 11.6. The molecule has 0 aromatic heterocycles. The molecule has 0 saturated carbocycles. The zero-order valence-electron chi connectivity index (χ0n) is 12.8. The van der Waals surface area contributed by atoms with E-state index >= 15 is 0 Å². The fourth-order valence-electron chi connectivity index (χ4n) is 2.45. The molecule has 0 spiro atoms. The van der Waals surface area contributed by atoms with Gasteiger partial charge in [0.1, 0.15) is 10.7 Å². The van der Waals surface area contributed by atoms with Crippen LogP contribution >= 0.6 is 0 Å². The van der Waals surface area contributed by atoms with Gasteiger partial charge in [-0.1, -0.05) is 60.7 Å². The Morgan fingerprint density at radius 1 is 0.792 bits per heavy atom. The van der Waals surface area contributed by atoms with Gasteiger partial charge in [0.05, 0.1) is 5.69 Å². The van der Waals surface area contributed by atoms with E-state index in [1.807, 2.05) is 42.5 Å². The van der Waals surface area contributed by atoms with Crippen molar-refractivity contribution in [2.75, 3.05) is 4.72 Å². The van der Waals surface area contributed by atoms with Gasteiger partial charge in [0.15, 0.2) is 0 Å². The van der Waals surface area contributed by atoms with E-state index in [9.17, 15) is 12.8 Å². The van der Waals surface area contributed by atoms with Gasteiger partial charge < -0.3 is 0 Å². The van der Waals surface area contributed by atoms with Crippen LogP contribution in [-0.4, -0.2) is 8.42 Å². The third-order valence-electron chi connectivity index (χ3n) is 3.63. The average molecular weight is 341 g/mol. The van der Waals surface area contributed by atoms with Crippen molar-refractivity contribution in [2.45, 2.75) is 11.3 Å². The number of hydrogen-bond acceptors (Lipinski definition) is 2. The molecule has 0 saturated heterocycles. The first-order valence-corrected chi connectivity index (χ1v) is 8.94. The molecule has 0 aliphatic carbocycles. The van der Waals surface area contributed by atoms with Crippen LogP contribution in [0.3, 0.4) is 0 Å². The molecular formula is C19H16FNO2S. The van der Waals surface area contributed by atoms with Crippen molar-refractivity contribution in [3.05, 3.63) is 95.8 Å². The molecule has 0 aliphatic rings. The van der Waals surface area contributed by atoms with Gasteiger partial charge in [0.25, 0.3) is 10.0 Å². The molecule has 0 amide bonds. The van der Waals surface area contributed by atoms with E-state index in [0.29, 0.717) is 12.1 Å². The molecule has 24 heavy (non-hydrogen) atoms. The van der Waals surface area contributed by atoms with E-state index in [-0.39, 0.29) is 4.90 Å². The zero-order chi connectivity index (χ0) is 17.0. The highest BCUT2D eigenvalue weighted by molar-refractivity contribution is 7.92. The van der Waals surface area contributed by atoms with E-state index in [2.05, 4.69) is 4.72 Å². The zero-order valence-corrected chi connectivity index (χ0v) is 13.6. The lowest BCUT2D eigenvalue weighted by Gasteiger charge is -2.13. The summed E-state index contributed by atoms with van der Waals surface area (Å²) >= 11 is 0. The summed E-state index contributed by atoms with van der Waals surface area (Å²) in [5.41, 5.74) is 2.34. The molecule has 0 aliphatic heterocycles. The molecule has 5 heteroatoms. The van der Waals surface area contributed by atoms with Gasteiger partial charge in [-0.2, -0.15) is 0 Å². The van der Waals surface area contributed by atoms with Gasteiger partial charge in [-0.05, 0) is 35.7 Å². The van der Waals surface area contributed by atoms with E-state index in [1.54, 1.807) is 12.1 Å². The maximum Gasteiger partial charge on any atom is 0.264 e. The second-order valence-corrected chi connectivity index (χ2v) is 7.01. The van der Waals surface area contributed by atoms with E-state index in [4.69, 9.17) is 0 Å². The summed E-state index contributed by atoms with van der Waals surface area (Å²) < 4.78 is 41.3. The molecule has 122 valence electrons. The minimum atomic E-state index is -3.98. The monoisotopic (exact) mass is 341 g/mol. The Kier molecular flexibility index (Phi) is 4.62. The Bertz CT molecular complexity index is 940. The Balaban J connectivity index is 1.92. The quantitative estimate of drug-likeness (QED) is 0.755. The second kappa shape index (κ2) is 6.84. The highest BCUT2D eigenvalue weighted by atomic mass is 32.2. The topological polar surface area (TPSA) is 46.2 Å². The maximum atomic E-state index is 13.8.